The second-order valence-corrected chi connectivity index (χ2v) is 6.90. The second-order valence-electron chi connectivity index (χ2n) is 6.90. The van der Waals surface area contributed by atoms with Crippen LogP contribution >= 0.6 is 0 Å². The molecule has 29 heavy (non-hydrogen) atoms. The van der Waals surface area contributed by atoms with Gasteiger partial charge >= 0.3 is 6.03 Å². The van der Waals surface area contributed by atoms with E-state index < -0.39 is 6.03 Å². The van der Waals surface area contributed by atoms with Crippen molar-refractivity contribution in [1.29, 1.82) is 5.41 Å². The number of benzene rings is 2. The van der Waals surface area contributed by atoms with Crippen LogP contribution in [0.5, 0.6) is 5.75 Å². The summed E-state index contributed by atoms with van der Waals surface area (Å²) in [4.78, 5) is 11.9. The number of hydrogen-bond donors (Lipinski definition) is 4. The average Bonchev–Trinajstić information content (AvgIpc) is 2.68. The van der Waals surface area contributed by atoms with Crippen LogP contribution in [0.15, 0.2) is 48.2 Å². The van der Waals surface area contributed by atoms with Crippen molar-refractivity contribution in [3.05, 3.63) is 70.4 Å². The smallest absolute Gasteiger partial charge is 0.335 e. The summed E-state index contributed by atoms with van der Waals surface area (Å²) < 4.78 is 6.03. The lowest BCUT2D eigenvalue weighted by molar-refractivity contribution is 0.223. The summed E-state index contributed by atoms with van der Waals surface area (Å²) in [5.74, 6) is 6.23. The van der Waals surface area contributed by atoms with Crippen molar-refractivity contribution in [2.75, 3.05) is 19.4 Å². The number of urea groups is 1. The SMILES string of the molecule is CN/C(C)=C\C(=N)c1ccc(OCc2c(C)cccc2NC(=O)N(C)N)c(C)c1. The van der Waals surface area contributed by atoms with Crippen LogP contribution in [0.25, 0.3) is 0 Å². The number of ether oxygens (including phenoxy) is 1. The van der Waals surface area contributed by atoms with E-state index in [9.17, 15) is 4.79 Å². The van der Waals surface area contributed by atoms with Crippen LogP contribution in [0.1, 0.15) is 29.2 Å². The van der Waals surface area contributed by atoms with E-state index in [1.165, 1.54) is 7.05 Å². The first-order valence-electron chi connectivity index (χ1n) is 9.29. The lowest BCUT2D eigenvalue weighted by Gasteiger charge is -2.17. The first-order chi connectivity index (χ1) is 13.7. The van der Waals surface area contributed by atoms with E-state index in [4.69, 9.17) is 16.0 Å². The molecule has 0 aliphatic heterocycles. The molecule has 2 aromatic rings. The highest BCUT2D eigenvalue weighted by Gasteiger charge is 2.12. The lowest BCUT2D eigenvalue weighted by atomic mass is 10.1. The zero-order valence-electron chi connectivity index (χ0n) is 17.6. The fourth-order valence-electron chi connectivity index (χ4n) is 2.72. The van der Waals surface area contributed by atoms with Crippen molar-refractivity contribution in [2.45, 2.75) is 27.4 Å². The van der Waals surface area contributed by atoms with Gasteiger partial charge in [0.25, 0.3) is 0 Å². The van der Waals surface area contributed by atoms with E-state index in [2.05, 4.69) is 10.6 Å². The summed E-state index contributed by atoms with van der Waals surface area (Å²) in [6, 6.07) is 10.9. The zero-order chi connectivity index (χ0) is 21.6. The van der Waals surface area contributed by atoms with Gasteiger partial charge < -0.3 is 20.8 Å². The second kappa shape index (κ2) is 9.75. The number of rotatable bonds is 7. The van der Waals surface area contributed by atoms with Gasteiger partial charge in [-0.15, -0.1) is 0 Å². The molecule has 0 fully saturated rings. The molecule has 0 atom stereocenters. The highest BCUT2D eigenvalue weighted by atomic mass is 16.5. The van der Waals surface area contributed by atoms with E-state index >= 15 is 0 Å². The summed E-state index contributed by atoms with van der Waals surface area (Å²) in [6.07, 6.45) is 1.78. The number of anilines is 1. The number of hydrogen-bond acceptors (Lipinski definition) is 5. The molecule has 0 saturated heterocycles. The summed E-state index contributed by atoms with van der Waals surface area (Å²) in [5, 5.41) is 15.0. The number of amides is 2. The molecule has 2 amide bonds. The number of carbonyl (C=O) groups excluding carboxylic acids is 1. The molecule has 0 spiro atoms. The number of aryl methyl sites for hydroxylation is 2. The summed E-state index contributed by atoms with van der Waals surface area (Å²) >= 11 is 0. The van der Waals surface area contributed by atoms with Gasteiger partial charge in [0.05, 0.1) is 5.71 Å². The number of nitrogens with zero attached hydrogens (tertiary/aromatic N) is 1. The maximum absolute atomic E-state index is 11.9. The monoisotopic (exact) mass is 395 g/mol. The fourth-order valence-corrected chi connectivity index (χ4v) is 2.72. The third-order valence-electron chi connectivity index (χ3n) is 4.59. The molecular formula is C22H29N5O2. The number of hydrazine groups is 1. The van der Waals surface area contributed by atoms with Gasteiger partial charge in [0.15, 0.2) is 0 Å². The van der Waals surface area contributed by atoms with E-state index in [0.29, 0.717) is 18.0 Å². The molecule has 7 heteroatoms. The van der Waals surface area contributed by atoms with Gasteiger partial charge in [-0.3, -0.25) is 5.01 Å². The third kappa shape index (κ3) is 5.83. The molecular weight excluding hydrogens is 366 g/mol. The van der Waals surface area contributed by atoms with Crippen LogP contribution in [0.2, 0.25) is 0 Å². The largest absolute Gasteiger partial charge is 0.489 e. The Hall–Kier alpha value is -3.32. The van der Waals surface area contributed by atoms with E-state index in [1.54, 1.807) is 6.08 Å². The molecule has 0 unspecified atom stereocenters. The van der Waals surface area contributed by atoms with Crippen molar-refractivity contribution < 1.29 is 9.53 Å². The minimum Gasteiger partial charge on any atom is -0.489 e. The number of nitrogens with one attached hydrogen (secondary N) is 3. The van der Waals surface area contributed by atoms with Crippen LogP contribution in [-0.2, 0) is 6.61 Å². The Morgan fingerprint density at radius 3 is 2.59 bits per heavy atom. The third-order valence-corrected chi connectivity index (χ3v) is 4.59. The quantitative estimate of drug-likeness (QED) is 0.248. The van der Waals surface area contributed by atoms with Crippen molar-refractivity contribution in [1.82, 2.24) is 10.3 Å². The van der Waals surface area contributed by atoms with Gasteiger partial charge in [0.2, 0.25) is 0 Å². The lowest BCUT2D eigenvalue weighted by Crippen LogP contribution is -2.37. The molecule has 0 heterocycles. The van der Waals surface area contributed by atoms with E-state index in [1.807, 2.05) is 64.2 Å². The van der Waals surface area contributed by atoms with Crippen molar-refractivity contribution in [3.63, 3.8) is 0 Å². The molecule has 0 saturated carbocycles. The van der Waals surface area contributed by atoms with Gasteiger partial charge in [-0.1, -0.05) is 12.1 Å². The number of nitrogens with two attached hydrogens (primary N) is 1. The Labute approximate surface area is 172 Å². The Kier molecular flexibility index (Phi) is 7.39. The van der Waals surface area contributed by atoms with Crippen LogP contribution in [0.4, 0.5) is 10.5 Å². The fraction of sp³-hybridized carbons (Fsp3) is 0.273. The Bertz CT molecular complexity index is 935. The normalized spacial score (nSPS) is 11.0. The summed E-state index contributed by atoms with van der Waals surface area (Å²) in [5.41, 5.74) is 5.66. The van der Waals surface area contributed by atoms with Crippen molar-refractivity contribution >= 4 is 17.4 Å². The van der Waals surface area contributed by atoms with Gasteiger partial charge in [0, 0.05) is 31.0 Å². The molecule has 2 rings (SSSR count). The summed E-state index contributed by atoms with van der Waals surface area (Å²) in [6.45, 7) is 6.13. The van der Waals surface area contributed by atoms with Crippen LogP contribution in [0, 0.1) is 19.3 Å². The predicted octanol–water partition coefficient (Wildman–Crippen LogP) is 3.71. The number of allylic oxidation sites excluding steroid dienone is 2. The van der Waals surface area contributed by atoms with E-state index in [-0.39, 0.29) is 0 Å². The molecule has 0 radical (unpaired) electrons. The molecule has 0 aliphatic rings. The number of carbonyl (C=O) groups is 1. The van der Waals surface area contributed by atoms with Gasteiger partial charge in [0.1, 0.15) is 12.4 Å². The standard InChI is InChI=1S/C22H29N5O2/c1-14-7-6-8-20(26-22(28)27(5)24)18(14)13-29-21-10-9-17(11-15(21)2)19(23)12-16(3)25-4/h6-12,23,25H,13,24H2,1-5H3,(H,26,28)/b16-12-,23-19?. The molecule has 154 valence electrons. The molecule has 0 bridgehead atoms. The Balaban J connectivity index is 2.18. The van der Waals surface area contributed by atoms with Crippen molar-refractivity contribution in [3.8, 4) is 5.75 Å². The Morgan fingerprint density at radius 1 is 1.24 bits per heavy atom. The minimum absolute atomic E-state index is 0.299. The first kappa shape index (κ1) is 22.0. The van der Waals surface area contributed by atoms with Gasteiger partial charge in [-0.05, 0) is 67.8 Å². The zero-order valence-corrected chi connectivity index (χ0v) is 17.6. The van der Waals surface area contributed by atoms with Crippen molar-refractivity contribution in [2.24, 2.45) is 5.84 Å². The molecule has 0 aromatic heterocycles. The molecule has 0 aliphatic carbocycles. The topological polar surface area (TPSA) is 103 Å². The van der Waals surface area contributed by atoms with E-state index in [0.717, 1.165) is 38.7 Å². The molecule has 2 aromatic carbocycles. The van der Waals surface area contributed by atoms with Crippen LogP contribution < -0.4 is 21.2 Å². The van der Waals surface area contributed by atoms with Gasteiger partial charge in [-0.2, -0.15) is 0 Å². The molecule has 5 N–H and O–H groups in total. The highest BCUT2D eigenvalue weighted by Crippen LogP contribution is 2.25. The van der Waals surface area contributed by atoms with Gasteiger partial charge in [-0.25, -0.2) is 10.6 Å². The highest BCUT2D eigenvalue weighted by molar-refractivity contribution is 6.07. The molecule has 7 nitrogen and oxygen atoms in total. The first-order valence-corrected chi connectivity index (χ1v) is 9.29. The van der Waals surface area contributed by atoms with Crippen LogP contribution in [0.3, 0.4) is 0 Å². The maximum atomic E-state index is 11.9. The Morgan fingerprint density at radius 2 is 1.97 bits per heavy atom. The van der Waals surface area contributed by atoms with Crippen LogP contribution in [-0.4, -0.2) is 30.8 Å². The predicted molar refractivity (Wildman–Crippen MR) is 117 cm³/mol. The average molecular weight is 396 g/mol. The maximum Gasteiger partial charge on any atom is 0.335 e. The summed E-state index contributed by atoms with van der Waals surface area (Å²) in [7, 11) is 3.31. The minimum atomic E-state index is -0.402.